The molecule has 180 valence electrons. The molecule has 0 bridgehead atoms. The van der Waals surface area contributed by atoms with Crippen LogP contribution in [-0.2, 0) is 9.59 Å². The van der Waals surface area contributed by atoms with E-state index in [1.54, 1.807) is 61.7 Å². The Bertz CT molecular complexity index is 1440. The van der Waals surface area contributed by atoms with E-state index < -0.39 is 17.7 Å². The molecule has 5 rings (SSSR count). The van der Waals surface area contributed by atoms with Crippen LogP contribution in [0.25, 0.3) is 5.76 Å². The van der Waals surface area contributed by atoms with Crippen molar-refractivity contribution in [2.45, 2.75) is 13.0 Å². The molecule has 1 unspecified atom stereocenters. The monoisotopic (exact) mass is 481 g/mol. The molecule has 1 N–H and O–H groups in total. The second-order valence-corrected chi connectivity index (χ2v) is 8.28. The molecule has 1 aliphatic rings. The van der Waals surface area contributed by atoms with Crippen LogP contribution in [0.3, 0.4) is 0 Å². The first-order chi connectivity index (χ1) is 17.5. The highest BCUT2D eigenvalue weighted by molar-refractivity contribution is 6.51. The highest BCUT2D eigenvalue weighted by atomic mass is 16.5. The van der Waals surface area contributed by atoms with Gasteiger partial charge in [-0.1, -0.05) is 18.2 Å². The van der Waals surface area contributed by atoms with Gasteiger partial charge in [0, 0.05) is 11.3 Å². The fourth-order valence-corrected chi connectivity index (χ4v) is 4.30. The quantitative estimate of drug-likeness (QED) is 0.206. The van der Waals surface area contributed by atoms with Crippen molar-refractivity contribution in [1.29, 1.82) is 0 Å². The van der Waals surface area contributed by atoms with Crippen molar-refractivity contribution in [3.63, 3.8) is 0 Å². The standard InChI is InChI=1S/C29H23NO6/c1-18-17-19(10-15-23(18)34-2)27(31)25-26(24-9-6-16-35-24)30(29(33)28(25)32)20-11-13-22(14-12-20)36-21-7-4-3-5-8-21/h3-17,26,31H,1-2H3/b27-25-. The third-order valence-electron chi connectivity index (χ3n) is 6.02. The SMILES string of the molecule is COc1ccc(/C(O)=C2/C(=O)C(=O)N(c3ccc(Oc4ccccc4)cc3)C2c2ccco2)cc1C. The number of methoxy groups -OCH3 is 1. The lowest BCUT2D eigenvalue weighted by Crippen LogP contribution is -2.29. The number of benzene rings is 3. The van der Waals surface area contributed by atoms with Gasteiger partial charge in [-0.3, -0.25) is 14.5 Å². The number of rotatable bonds is 6. The second kappa shape index (κ2) is 9.46. The smallest absolute Gasteiger partial charge is 0.300 e. The van der Waals surface area contributed by atoms with E-state index in [1.165, 1.54) is 11.2 Å². The molecule has 0 spiro atoms. The third-order valence-corrected chi connectivity index (χ3v) is 6.02. The Balaban J connectivity index is 1.56. The number of hydrogen-bond donors (Lipinski definition) is 1. The highest BCUT2D eigenvalue weighted by Gasteiger charge is 2.48. The van der Waals surface area contributed by atoms with Crippen LogP contribution < -0.4 is 14.4 Å². The zero-order chi connectivity index (χ0) is 25.2. The van der Waals surface area contributed by atoms with E-state index >= 15 is 0 Å². The van der Waals surface area contributed by atoms with Crippen molar-refractivity contribution in [2.75, 3.05) is 12.0 Å². The Labute approximate surface area is 207 Å². The Morgan fingerprint density at radius 2 is 1.64 bits per heavy atom. The molecule has 0 radical (unpaired) electrons. The van der Waals surface area contributed by atoms with Gasteiger partial charge in [0.2, 0.25) is 0 Å². The number of carbonyl (C=O) groups is 2. The van der Waals surface area contributed by atoms with E-state index in [9.17, 15) is 14.7 Å². The lowest BCUT2D eigenvalue weighted by Gasteiger charge is -2.23. The molecule has 0 saturated carbocycles. The van der Waals surface area contributed by atoms with Crippen LogP contribution in [0.1, 0.15) is 22.9 Å². The lowest BCUT2D eigenvalue weighted by molar-refractivity contribution is -0.132. The number of aryl methyl sites for hydroxylation is 1. The molecule has 1 aromatic heterocycles. The second-order valence-electron chi connectivity index (χ2n) is 8.28. The molecule has 1 aliphatic heterocycles. The van der Waals surface area contributed by atoms with Gasteiger partial charge in [0.05, 0.1) is 18.9 Å². The number of carbonyl (C=O) groups excluding carboxylic acids is 2. The molecular weight excluding hydrogens is 458 g/mol. The van der Waals surface area contributed by atoms with Gasteiger partial charge in [-0.25, -0.2) is 0 Å². The summed E-state index contributed by atoms with van der Waals surface area (Å²) in [4.78, 5) is 27.8. The number of aliphatic hydroxyl groups is 1. The van der Waals surface area contributed by atoms with Crippen molar-refractivity contribution >= 4 is 23.1 Å². The number of para-hydroxylation sites is 1. The normalized spacial score (nSPS) is 16.8. The molecule has 1 amide bonds. The molecule has 7 heteroatoms. The van der Waals surface area contributed by atoms with Crippen LogP contribution in [0.4, 0.5) is 5.69 Å². The minimum absolute atomic E-state index is 0.0517. The first kappa shape index (κ1) is 23.0. The number of anilines is 1. The van der Waals surface area contributed by atoms with Crippen molar-refractivity contribution < 1.29 is 28.6 Å². The summed E-state index contributed by atoms with van der Waals surface area (Å²) in [7, 11) is 1.56. The van der Waals surface area contributed by atoms with E-state index in [0.29, 0.717) is 34.3 Å². The summed E-state index contributed by atoms with van der Waals surface area (Å²) in [5.41, 5.74) is 1.58. The van der Waals surface area contributed by atoms with E-state index in [4.69, 9.17) is 13.9 Å². The first-order valence-corrected chi connectivity index (χ1v) is 11.3. The summed E-state index contributed by atoms with van der Waals surface area (Å²) < 4.78 is 16.7. The van der Waals surface area contributed by atoms with Crippen molar-refractivity contribution in [3.05, 3.63) is 114 Å². The Morgan fingerprint density at radius 3 is 2.28 bits per heavy atom. The van der Waals surface area contributed by atoms with Gasteiger partial charge in [-0.2, -0.15) is 0 Å². The third kappa shape index (κ3) is 4.11. The van der Waals surface area contributed by atoms with Crippen LogP contribution in [-0.4, -0.2) is 23.9 Å². The van der Waals surface area contributed by atoms with Crippen molar-refractivity contribution in [2.24, 2.45) is 0 Å². The van der Waals surface area contributed by atoms with Crippen LogP contribution in [0.15, 0.2) is 101 Å². The molecule has 2 heterocycles. The number of ether oxygens (including phenoxy) is 2. The summed E-state index contributed by atoms with van der Waals surface area (Å²) in [6.07, 6.45) is 1.46. The van der Waals surface area contributed by atoms with Gasteiger partial charge in [-0.15, -0.1) is 0 Å². The Morgan fingerprint density at radius 1 is 0.917 bits per heavy atom. The molecule has 7 nitrogen and oxygen atoms in total. The summed E-state index contributed by atoms with van der Waals surface area (Å²) in [6.45, 7) is 1.83. The zero-order valence-corrected chi connectivity index (χ0v) is 19.7. The number of hydrogen-bond acceptors (Lipinski definition) is 6. The summed E-state index contributed by atoms with van der Waals surface area (Å²) in [5.74, 6) is 0.401. The summed E-state index contributed by atoms with van der Waals surface area (Å²) >= 11 is 0. The van der Waals surface area contributed by atoms with Crippen LogP contribution >= 0.6 is 0 Å². The molecule has 4 aromatic rings. The van der Waals surface area contributed by atoms with Gasteiger partial charge in [-0.05, 0) is 79.2 Å². The predicted molar refractivity (Wildman–Crippen MR) is 134 cm³/mol. The van der Waals surface area contributed by atoms with Crippen LogP contribution in [0.2, 0.25) is 0 Å². The van der Waals surface area contributed by atoms with Gasteiger partial charge in [0.1, 0.15) is 34.8 Å². The summed E-state index contributed by atoms with van der Waals surface area (Å²) in [6, 6.07) is 23.6. The fraction of sp³-hybridized carbons (Fsp3) is 0.103. The number of ketones is 1. The summed E-state index contributed by atoms with van der Waals surface area (Å²) in [5, 5.41) is 11.2. The van der Waals surface area contributed by atoms with E-state index in [0.717, 1.165) is 5.56 Å². The molecule has 1 saturated heterocycles. The maximum Gasteiger partial charge on any atom is 0.300 e. The lowest BCUT2D eigenvalue weighted by atomic mass is 9.98. The zero-order valence-electron chi connectivity index (χ0n) is 19.7. The minimum atomic E-state index is -0.941. The van der Waals surface area contributed by atoms with Crippen LogP contribution in [0.5, 0.6) is 17.2 Å². The molecule has 36 heavy (non-hydrogen) atoms. The van der Waals surface area contributed by atoms with Gasteiger partial charge < -0.3 is 19.0 Å². The topological polar surface area (TPSA) is 89.2 Å². The molecule has 1 fully saturated rings. The van der Waals surface area contributed by atoms with E-state index in [2.05, 4.69) is 0 Å². The van der Waals surface area contributed by atoms with Crippen molar-refractivity contribution in [3.8, 4) is 17.2 Å². The number of Topliss-reactive ketones (excluding diaryl/α,β-unsaturated/α-hetero) is 1. The minimum Gasteiger partial charge on any atom is -0.507 e. The predicted octanol–water partition coefficient (Wildman–Crippen LogP) is 6.02. The number of aliphatic hydroxyl groups excluding tert-OH is 1. The molecular formula is C29H23NO6. The maximum atomic E-state index is 13.2. The molecule has 0 aliphatic carbocycles. The number of amides is 1. The van der Waals surface area contributed by atoms with Gasteiger partial charge >= 0.3 is 0 Å². The Hall–Kier alpha value is -4.78. The number of nitrogens with zero attached hydrogens (tertiary/aromatic N) is 1. The van der Waals surface area contributed by atoms with Gasteiger partial charge in [0.25, 0.3) is 11.7 Å². The molecule has 1 atom stereocenters. The average molecular weight is 482 g/mol. The average Bonchev–Trinajstić information content (AvgIpc) is 3.52. The van der Waals surface area contributed by atoms with E-state index in [-0.39, 0.29) is 11.3 Å². The largest absolute Gasteiger partial charge is 0.507 e. The number of furan rings is 1. The highest BCUT2D eigenvalue weighted by Crippen LogP contribution is 2.43. The van der Waals surface area contributed by atoms with Gasteiger partial charge in [0.15, 0.2) is 0 Å². The maximum absolute atomic E-state index is 13.2. The van der Waals surface area contributed by atoms with Crippen LogP contribution in [0, 0.1) is 6.92 Å². The van der Waals surface area contributed by atoms with E-state index in [1.807, 2.05) is 37.3 Å². The fourth-order valence-electron chi connectivity index (χ4n) is 4.30. The molecule has 3 aromatic carbocycles. The Kier molecular flexibility index (Phi) is 6.04. The van der Waals surface area contributed by atoms with Crippen molar-refractivity contribution in [1.82, 2.24) is 0 Å². The first-order valence-electron chi connectivity index (χ1n) is 11.3.